The molecule has 1 aliphatic carbocycles. The third-order valence-corrected chi connectivity index (χ3v) is 3.56. The lowest BCUT2D eigenvalue weighted by molar-refractivity contribution is 0.677. The van der Waals surface area contributed by atoms with Gasteiger partial charge in [-0.2, -0.15) is 5.10 Å². The molecule has 2 rings (SSSR count). The molecule has 5 heteroatoms. The number of rotatable bonds is 3. The summed E-state index contributed by atoms with van der Waals surface area (Å²) in [5, 5.41) is 7.30. The second-order valence-electron chi connectivity index (χ2n) is 4.07. The lowest BCUT2D eigenvalue weighted by atomic mass is 10.2. The Balaban J connectivity index is 2.21. The monoisotopic (exact) mass is 271 g/mol. The summed E-state index contributed by atoms with van der Waals surface area (Å²) >= 11 is 3.29. The van der Waals surface area contributed by atoms with Crippen LogP contribution in [0.3, 0.4) is 0 Å². The molecule has 1 aromatic rings. The van der Waals surface area contributed by atoms with Gasteiger partial charge < -0.3 is 5.32 Å². The number of aryl methyl sites for hydroxylation is 1. The van der Waals surface area contributed by atoms with Crippen LogP contribution in [-0.2, 0) is 7.05 Å². The van der Waals surface area contributed by atoms with Crippen LogP contribution >= 0.6 is 15.9 Å². The number of nitrogens with one attached hydrogen (secondary N) is 1. The van der Waals surface area contributed by atoms with Crippen LogP contribution in [0.25, 0.3) is 0 Å². The first-order valence-electron chi connectivity index (χ1n) is 5.08. The van der Waals surface area contributed by atoms with Crippen LogP contribution in [0.2, 0.25) is 0 Å². The van der Waals surface area contributed by atoms with E-state index in [1.54, 1.807) is 13.2 Å². The van der Waals surface area contributed by atoms with Crippen LogP contribution in [0.5, 0.6) is 0 Å². The highest BCUT2D eigenvalue weighted by molar-refractivity contribution is 9.10. The maximum absolute atomic E-state index is 11.6. The predicted octanol–water partition coefficient (Wildman–Crippen LogP) is 1.75. The molecule has 1 N–H and O–H groups in total. The molecule has 0 aromatic carbocycles. The van der Waals surface area contributed by atoms with E-state index in [1.807, 2.05) is 0 Å². The van der Waals surface area contributed by atoms with Gasteiger partial charge in [0.15, 0.2) is 0 Å². The Hall–Kier alpha value is -0.840. The molecule has 1 fully saturated rings. The lowest BCUT2D eigenvalue weighted by Gasteiger charge is -2.15. The normalized spacial score (nSPS) is 17.5. The largest absolute Gasteiger partial charge is 0.380 e. The number of halogens is 1. The molecule has 1 saturated carbocycles. The summed E-state index contributed by atoms with van der Waals surface area (Å²) in [6.07, 6.45) is 4.25. The Morgan fingerprint density at radius 3 is 2.93 bits per heavy atom. The Bertz CT molecular complexity index is 425. The first-order valence-corrected chi connectivity index (χ1v) is 5.87. The second kappa shape index (κ2) is 3.96. The first kappa shape index (κ1) is 10.7. The molecule has 1 aromatic heterocycles. The van der Waals surface area contributed by atoms with Crippen molar-refractivity contribution in [2.75, 3.05) is 5.32 Å². The van der Waals surface area contributed by atoms with Crippen molar-refractivity contribution in [3.63, 3.8) is 0 Å². The molecule has 1 heterocycles. The maximum Gasteiger partial charge on any atom is 0.282 e. The van der Waals surface area contributed by atoms with Gasteiger partial charge in [-0.25, -0.2) is 4.68 Å². The molecule has 0 saturated heterocycles. The summed E-state index contributed by atoms with van der Waals surface area (Å²) in [4.78, 5) is 11.6. The molecule has 0 radical (unpaired) electrons. The Kier molecular flexibility index (Phi) is 2.82. The van der Waals surface area contributed by atoms with Crippen molar-refractivity contribution in [3.05, 3.63) is 21.0 Å². The average molecular weight is 272 g/mol. The van der Waals surface area contributed by atoms with Gasteiger partial charge in [0.2, 0.25) is 0 Å². The summed E-state index contributed by atoms with van der Waals surface area (Å²) < 4.78 is 1.88. The quantitative estimate of drug-likeness (QED) is 0.912. The van der Waals surface area contributed by atoms with Crippen LogP contribution < -0.4 is 10.9 Å². The van der Waals surface area contributed by atoms with E-state index in [4.69, 9.17) is 0 Å². The molecule has 1 unspecified atom stereocenters. The van der Waals surface area contributed by atoms with E-state index in [-0.39, 0.29) is 5.56 Å². The SMILES string of the molecule is CC(Nc1cnn(C)c(=O)c1Br)C1CC1. The fraction of sp³-hybridized carbons (Fsp3) is 0.600. The summed E-state index contributed by atoms with van der Waals surface area (Å²) in [5.74, 6) is 0.751. The number of nitrogens with zero attached hydrogens (tertiary/aromatic N) is 2. The zero-order valence-electron chi connectivity index (χ0n) is 8.83. The van der Waals surface area contributed by atoms with Crippen molar-refractivity contribution >= 4 is 21.6 Å². The van der Waals surface area contributed by atoms with Crippen molar-refractivity contribution in [1.29, 1.82) is 0 Å². The van der Waals surface area contributed by atoms with E-state index in [9.17, 15) is 4.79 Å². The predicted molar refractivity (Wildman–Crippen MR) is 63.0 cm³/mol. The van der Waals surface area contributed by atoms with Gasteiger partial charge in [-0.3, -0.25) is 4.79 Å². The zero-order valence-corrected chi connectivity index (χ0v) is 10.4. The van der Waals surface area contributed by atoms with E-state index in [2.05, 4.69) is 33.3 Å². The van der Waals surface area contributed by atoms with Crippen molar-refractivity contribution in [1.82, 2.24) is 9.78 Å². The zero-order chi connectivity index (χ0) is 11.0. The summed E-state index contributed by atoms with van der Waals surface area (Å²) in [6, 6.07) is 0.412. The molecular formula is C10H14BrN3O. The average Bonchev–Trinajstić information content (AvgIpc) is 3.02. The highest BCUT2D eigenvalue weighted by Gasteiger charge is 2.28. The molecule has 82 valence electrons. The van der Waals surface area contributed by atoms with Crippen molar-refractivity contribution < 1.29 is 0 Å². The van der Waals surface area contributed by atoms with Gasteiger partial charge in [0.1, 0.15) is 4.47 Å². The van der Waals surface area contributed by atoms with E-state index in [1.165, 1.54) is 17.5 Å². The molecule has 4 nitrogen and oxygen atoms in total. The lowest BCUT2D eigenvalue weighted by Crippen LogP contribution is -2.24. The van der Waals surface area contributed by atoms with Gasteiger partial charge >= 0.3 is 0 Å². The third-order valence-electron chi connectivity index (χ3n) is 2.79. The summed E-state index contributed by atoms with van der Waals surface area (Å²) in [6.45, 7) is 2.14. The minimum absolute atomic E-state index is 0.108. The number of hydrogen-bond donors (Lipinski definition) is 1. The second-order valence-corrected chi connectivity index (χ2v) is 4.86. The molecule has 15 heavy (non-hydrogen) atoms. The van der Waals surface area contributed by atoms with Crippen molar-refractivity contribution in [3.8, 4) is 0 Å². The molecule has 0 amide bonds. The van der Waals surface area contributed by atoms with Gasteiger partial charge in [0.25, 0.3) is 5.56 Å². The molecule has 0 aliphatic heterocycles. The van der Waals surface area contributed by atoms with E-state index in [0.717, 1.165) is 11.6 Å². The van der Waals surface area contributed by atoms with Crippen molar-refractivity contribution in [2.45, 2.75) is 25.8 Å². The van der Waals surface area contributed by atoms with E-state index in [0.29, 0.717) is 10.5 Å². The molecule has 0 bridgehead atoms. The first-order chi connectivity index (χ1) is 7.09. The van der Waals surface area contributed by atoms with Gasteiger partial charge in [0, 0.05) is 13.1 Å². The number of aromatic nitrogens is 2. The van der Waals surface area contributed by atoms with E-state index >= 15 is 0 Å². The minimum Gasteiger partial charge on any atom is -0.380 e. The standard InChI is InChI=1S/C10H14BrN3O/c1-6(7-3-4-7)13-8-5-12-14(2)10(15)9(8)11/h5-7,13H,3-4H2,1-2H3. The minimum atomic E-state index is -0.108. The molecular weight excluding hydrogens is 258 g/mol. The van der Waals surface area contributed by atoms with Crippen LogP contribution in [0.1, 0.15) is 19.8 Å². The van der Waals surface area contributed by atoms with Crippen LogP contribution in [0.4, 0.5) is 5.69 Å². The maximum atomic E-state index is 11.6. The highest BCUT2D eigenvalue weighted by Crippen LogP contribution is 2.34. The van der Waals surface area contributed by atoms with E-state index < -0.39 is 0 Å². The van der Waals surface area contributed by atoms with Gasteiger partial charge in [0.05, 0.1) is 11.9 Å². The Morgan fingerprint density at radius 1 is 1.67 bits per heavy atom. The third kappa shape index (κ3) is 2.22. The highest BCUT2D eigenvalue weighted by atomic mass is 79.9. The van der Waals surface area contributed by atoms with Crippen LogP contribution in [-0.4, -0.2) is 15.8 Å². The summed E-state index contributed by atoms with van der Waals surface area (Å²) in [7, 11) is 1.64. The van der Waals surface area contributed by atoms with Gasteiger partial charge in [-0.1, -0.05) is 0 Å². The molecule has 1 atom stereocenters. The fourth-order valence-corrected chi connectivity index (χ4v) is 2.04. The fourth-order valence-electron chi connectivity index (χ4n) is 1.57. The summed E-state index contributed by atoms with van der Waals surface area (Å²) in [5.41, 5.74) is 0.681. The van der Waals surface area contributed by atoms with Gasteiger partial charge in [-0.05, 0) is 41.6 Å². The Morgan fingerprint density at radius 2 is 2.33 bits per heavy atom. The number of hydrogen-bond acceptors (Lipinski definition) is 3. The molecule has 0 spiro atoms. The topological polar surface area (TPSA) is 46.9 Å². The molecule has 1 aliphatic rings. The smallest absolute Gasteiger partial charge is 0.282 e. The van der Waals surface area contributed by atoms with Crippen LogP contribution in [0, 0.1) is 5.92 Å². The van der Waals surface area contributed by atoms with Crippen LogP contribution in [0.15, 0.2) is 15.5 Å². The van der Waals surface area contributed by atoms with Gasteiger partial charge in [-0.15, -0.1) is 0 Å². The van der Waals surface area contributed by atoms with Crippen molar-refractivity contribution in [2.24, 2.45) is 13.0 Å². The number of anilines is 1. The Labute approximate surface area is 96.8 Å².